The number of methoxy groups -OCH3 is 1. The number of esters is 1. The van der Waals surface area contributed by atoms with Crippen molar-refractivity contribution in [1.82, 2.24) is 0 Å². The highest BCUT2D eigenvalue weighted by molar-refractivity contribution is 5.84. The fraction of sp³-hybridized carbons (Fsp3) is 0.462. The Labute approximate surface area is 105 Å². The monoisotopic (exact) mass is 253 g/mol. The molecule has 1 aromatic rings. The molecule has 18 heavy (non-hydrogen) atoms. The van der Waals surface area contributed by atoms with Crippen LogP contribution in [-0.2, 0) is 14.3 Å². The number of carbonyl (C=O) groups is 1. The van der Waals surface area contributed by atoms with E-state index in [0.29, 0.717) is 18.7 Å². The van der Waals surface area contributed by atoms with Crippen LogP contribution in [0.3, 0.4) is 0 Å². The van der Waals surface area contributed by atoms with E-state index in [2.05, 4.69) is 5.32 Å². The van der Waals surface area contributed by atoms with Crippen LogP contribution in [0, 0.1) is 5.82 Å². The summed E-state index contributed by atoms with van der Waals surface area (Å²) >= 11 is 0. The third-order valence-electron chi connectivity index (χ3n) is 3.03. The lowest BCUT2D eigenvalue weighted by Crippen LogP contribution is -2.53. The van der Waals surface area contributed by atoms with Gasteiger partial charge in [0.05, 0.1) is 13.7 Å². The van der Waals surface area contributed by atoms with E-state index in [4.69, 9.17) is 9.47 Å². The normalized spacial score (nSPS) is 23.4. The summed E-state index contributed by atoms with van der Waals surface area (Å²) < 4.78 is 23.3. The van der Waals surface area contributed by atoms with Crippen LogP contribution in [0.25, 0.3) is 0 Å². The van der Waals surface area contributed by atoms with E-state index in [1.54, 1.807) is 12.1 Å². The summed E-state index contributed by atoms with van der Waals surface area (Å²) in [6, 6.07) is 6.00. The Morgan fingerprint density at radius 3 is 3.00 bits per heavy atom. The Bertz CT molecular complexity index is 430. The van der Waals surface area contributed by atoms with E-state index in [0.717, 1.165) is 6.42 Å². The lowest BCUT2D eigenvalue weighted by molar-refractivity contribution is -0.150. The van der Waals surface area contributed by atoms with Gasteiger partial charge in [0, 0.05) is 12.3 Å². The molecule has 0 spiro atoms. The van der Waals surface area contributed by atoms with Gasteiger partial charge in [-0.05, 0) is 31.0 Å². The van der Waals surface area contributed by atoms with Gasteiger partial charge in [0.2, 0.25) is 0 Å². The van der Waals surface area contributed by atoms with Crippen molar-refractivity contribution in [2.24, 2.45) is 0 Å². The summed E-state index contributed by atoms with van der Waals surface area (Å²) in [5.41, 5.74) is -0.369. The Morgan fingerprint density at radius 2 is 2.39 bits per heavy atom. The molecule has 1 fully saturated rings. The average molecular weight is 253 g/mol. The Morgan fingerprint density at radius 1 is 1.56 bits per heavy atom. The molecule has 4 nitrogen and oxygen atoms in total. The predicted molar refractivity (Wildman–Crippen MR) is 64.8 cm³/mol. The molecule has 1 aliphatic heterocycles. The molecule has 2 rings (SSSR count). The maximum atomic E-state index is 13.1. The van der Waals surface area contributed by atoms with Crippen LogP contribution >= 0.6 is 0 Å². The van der Waals surface area contributed by atoms with Crippen molar-refractivity contribution in [3.8, 4) is 0 Å². The molecule has 0 amide bonds. The van der Waals surface area contributed by atoms with Gasteiger partial charge in [-0.2, -0.15) is 0 Å². The van der Waals surface area contributed by atoms with Crippen molar-refractivity contribution in [3.05, 3.63) is 30.1 Å². The second-order valence-corrected chi connectivity index (χ2v) is 4.37. The minimum absolute atomic E-state index is 0.232. The first kappa shape index (κ1) is 12.8. The molecular weight excluding hydrogens is 237 g/mol. The van der Waals surface area contributed by atoms with Crippen LogP contribution in [0.15, 0.2) is 24.3 Å². The molecule has 1 saturated heterocycles. The lowest BCUT2D eigenvalue weighted by Gasteiger charge is -2.35. The molecule has 1 aromatic carbocycles. The number of rotatable bonds is 3. The summed E-state index contributed by atoms with van der Waals surface area (Å²) in [5.74, 6) is -0.733. The minimum atomic E-state index is -0.916. The second kappa shape index (κ2) is 5.35. The molecule has 0 saturated carbocycles. The zero-order valence-electron chi connectivity index (χ0n) is 10.2. The summed E-state index contributed by atoms with van der Waals surface area (Å²) in [7, 11) is 1.34. The van der Waals surface area contributed by atoms with Gasteiger partial charge in [0.25, 0.3) is 0 Å². The van der Waals surface area contributed by atoms with E-state index in [-0.39, 0.29) is 18.4 Å². The molecule has 1 atom stereocenters. The van der Waals surface area contributed by atoms with Crippen LogP contribution in [0.4, 0.5) is 10.1 Å². The van der Waals surface area contributed by atoms with Crippen molar-refractivity contribution in [1.29, 1.82) is 0 Å². The van der Waals surface area contributed by atoms with Gasteiger partial charge in [-0.3, -0.25) is 0 Å². The van der Waals surface area contributed by atoms with Crippen LogP contribution < -0.4 is 5.32 Å². The number of ether oxygens (including phenoxy) is 2. The molecule has 1 heterocycles. The minimum Gasteiger partial charge on any atom is -0.467 e. The Balaban J connectivity index is 2.22. The van der Waals surface area contributed by atoms with Crippen LogP contribution in [0.5, 0.6) is 0 Å². The molecule has 0 aliphatic carbocycles. The van der Waals surface area contributed by atoms with Gasteiger partial charge < -0.3 is 14.8 Å². The number of benzene rings is 1. The van der Waals surface area contributed by atoms with Gasteiger partial charge in [0.15, 0.2) is 5.54 Å². The quantitative estimate of drug-likeness (QED) is 0.836. The number of hydrogen-bond donors (Lipinski definition) is 1. The van der Waals surface area contributed by atoms with E-state index in [1.807, 2.05) is 0 Å². The van der Waals surface area contributed by atoms with Gasteiger partial charge >= 0.3 is 5.97 Å². The fourth-order valence-electron chi connectivity index (χ4n) is 2.14. The lowest BCUT2D eigenvalue weighted by atomic mass is 9.92. The highest BCUT2D eigenvalue weighted by atomic mass is 19.1. The zero-order chi connectivity index (χ0) is 13.0. The fourth-order valence-corrected chi connectivity index (χ4v) is 2.14. The van der Waals surface area contributed by atoms with Gasteiger partial charge in [-0.1, -0.05) is 6.07 Å². The molecular formula is C13H16FNO3. The van der Waals surface area contributed by atoms with E-state index in [9.17, 15) is 9.18 Å². The first-order valence-electron chi connectivity index (χ1n) is 5.86. The summed E-state index contributed by atoms with van der Waals surface area (Å²) in [4.78, 5) is 11.9. The third kappa shape index (κ3) is 2.61. The number of carbonyl (C=O) groups excluding carboxylic acids is 1. The molecule has 98 valence electrons. The smallest absolute Gasteiger partial charge is 0.333 e. The SMILES string of the molecule is COC(=O)C1(Nc2cccc(F)c2)CCCOC1. The first-order chi connectivity index (χ1) is 8.66. The third-order valence-corrected chi connectivity index (χ3v) is 3.03. The zero-order valence-corrected chi connectivity index (χ0v) is 10.2. The van der Waals surface area contributed by atoms with Gasteiger partial charge in [-0.15, -0.1) is 0 Å². The number of halogens is 1. The van der Waals surface area contributed by atoms with Crippen molar-refractivity contribution >= 4 is 11.7 Å². The summed E-state index contributed by atoms with van der Waals surface area (Å²) in [6.45, 7) is 0.861. The Hall–Kier alpha value is -1.62. The molecule has 0 aromatic heterocycles. The van der Waals surface area contributed by atoms with Crippen LogP contribution in [0.1, 0.15) is 12.8 Å². The molecule has 1 aliphatic rings. The number of anilines is 1. The maximum Gasteiger partial charge on any atom is 0.333 e. The highest BCUT2D eigenvalue weighted by Gasteiger charge is 2.41. The van der Waals surface area contributed by atoms with Crippen molar-refractivity contribution in [2.45, 2.75) is 18.4 Å². The Kier molecular flexibility index (Phi) is 3.81. The molecule has 5 heteroatoms. The average Bonchev–Trinajstić information content (AvgIpc) is 2.39. The number of hydrogen-bond acceptors (Lipinski definition) is 4. The standard InChI is InChI=1S/C13H16FNO3/c1-17-12(16)13(6-3-7-18-9-13)15-11-5-2-4-10(14)8-11/h2,4-5,8,15H,3,6-7,9H2,1H3. The molecule has 1 N–H and O–H groups in total. The van der Waals surface area contributed by atoms with Crippen molar-refractivity contribution in [3.63, 3.8) is 0 Å². The largest absolute Gasteiger partial charge is 0.467 e. The molecule has 0 bridgehead atoms. The maximum absolute atomic E-state index is 13.1. The topological polar surface area (TPSA) is 47.6 Å². The summed E-state index contributed by atoms with van der Waals surface area (Å²) in [6.07, 6.45) is 1.37. The van der Waals surface area contributed by atoms with E-state index in [1.165, 1.54) is 19.2 Å². The van der Waals surface area contributed by atoms with Crippen molar-refractivity contribution < 1.29 is 18.7 Å². The van der Waals surface area contributed by atoms with Gasteiger partial charge in [-0.25, -0.2) is 9.18 Å². The molecule has 0 radical (unpaired) electrons. The molecule has 1 unspecified atom stereocenters. The van der Waals surface area contributed by atoms with E-state index < -0.39 is 5.54 Å². The summed E-state index contributed by atoms with van der Waals surface area (Å²) in [5, 5.41) is 3.05. The van der Waals surface area contributed by atoms with E-state index >= 15 is 0 Å². The van der Waals surface area contributed by atoms with Crippen LogP contribution in [0.2, 0.25) is 0 Å². The van der Waals surface area contributed by atoms with Gasteiger partial charge in [0.1, 0.15) is 5.82 Å². The van der Waals surface area contributed by atoms with Crippen LogP contribution in [-0.4, -0.2) is 31.8 Å². The van der Waals surface area contributed by atoms with Crippen molar-refractivity contribution in [2.75, 3.05) is 25.6 Å². The second-order valence-electron chi connectivity index (χ2n) is 4.37. The highest BCUT2D eigenvalue weighted by Crippen LogP contribution is 2.26. The predicted octanol–water partition coefficient (Wildman–Crippen LogP) is 1.96. The first-order valence-corrected chi connectivity index (χ1v) is 5.86. The number of nitrogens with one attached hydrogen (secondary N) is 1.